The zero-order chi connectivity index (χ0) is 13.9. The van der Waals surface area contributed by atoms with Crippen molar-refractivity contribution in [3.8, 4) is 0 Å². The molecule has 0 aliphatic carbocycles. The van der Waals surface area contributed by atoms with E-state index in [1.807, 2.05) is 12.1 Å². The summed E-state index contributed by atoms with van der Waals surface area (Å²) >= 11 is 15.5. The number of pyridine rings is 2. The highest BCUT2D eigenvalue weighted by Gasteiger charge is 2.26. The van der Waals surface area contributed by atoms with Gasteiger partial charge in [-0.05, 0) is 34.5 Å². The lowest BCUT2D eigenvalue weighted by molar-refractivity contribution is 0.561. The van der Waals surface area contributed by atoms with E-state index in [1.54, 1.807) is 12.4 Å². The lowest BCUT2D eigenvalue weighted by Gasteiger charge is -2.31. The summed E-state index contributed by atoms with van der Waals surface area (Å²) < 4.78 is 0.904. The van der Waals surface area contributed by atoms with Gasteiger partial charge in [0.2, 0.25) is 0 Å². The summed E-state index contributed by atoms with van der Waals surface area (Å²) in [7, 11) is 0. The number of fused-ring (bicyclic) bond motifs is 1. The third-order valence-corrected chi connectivity index (χ3v) is 4.59. The first-order chi connectivity index (χ1) is 9.14. The molecule has 2 aromatic rings. The molecular weight excluding hydrogens is 349 g/mol. The first-order valence-electron chi connectivity index (χ1n) is 5.94. The normalized spacial score (nSPS) is 11.8. The van der Waals surface area contributed by atoms with Gasteiger partial charge in [0.15, 0.2) is 0 Å². The molecule has 102 valence electrons. The van der Waals surface area contributed by atoms with Crippen LogP contribution in [0.5, 0.6) is 0 Å². The number of anilines is 1. The first kappa shape index (κ1) is 14.8. The van der Waals surface area contributed by atoms with Crippen molar-refractivity contribution in [3.05, 3.63) is 29.0 Å². The molecule has 6 heteroatoms. The van der Waals surface area contributed by atoms with Crippen LogP contribution in [0.2, 0.25) is 0 Å². The second-order valence-corrected chi connectivity index (χ2v) is 5.86. The van der Waals surface area contributed by atoms with E-state index in [2.05, 4.69) is 38.1 Å². The molecule has 0 saturated heterocycles. The quantitative estimate of drug-likeness (QED) is 0.799. The molecule has 0 bridgehead atoms. The van der Waals surface area contributed by atoms with Gasteiger partial charge in [0.1, 0.15) is 5.52 Å². The van der Waals surface area contributed by atoms with E-state index in [9.17, 15) is 0 Å². The Labute approximate surface area is 130 Å². The van der Waals surface area contributed by atoms with Crippen LogP contribution in [0, 0.1) is 0 Å². The molecule has 2 rings (SSSR count). The van der Waals surface area contributed by atoms with Gasteiger partial charge in [-0.2, -0.15) is 0 Å². The average molecular weight is 363 g/mol. The van der Waals surface area contributed by atoms with Crippen molar-refractivity contribution in [2.45, 2.75) is 18.9 Å². The van der Waals surface area contributed by atoms with Crippen LogP contribution in [0.25, 0.3) is 11.0 Å². The van der Waals surface area contributed by atoms with Crippen LogP contribution in [-0.4, -0.2) is 27.3 Å². The standard InChI is InChI=1S/C13H14BrCl2N3/c1-2-13(7-15,8-16)19-10-3-4-17-11-5-9(14)6-18-12(10)11/h3-6H,2,7-8H2,1H3,(H,17,19). The van der Waals surface area contributed by atoms with Crippen LogP contribution >= 0.6 is 39.1 Å². The van der Waals surface area contributed by atoms with E-state index in [1.165, 1.54) is 0 Å². The number of rotatable bonds is 5. The maximum Gasteiger partial charge on any atom is 0.112 e. The Morgan fingerprint density at radius 2 is 2.05 bits per heavy atom. The van der Waals surface area contributed by atoms with Crippen LogP contribution in [0.3, 0.4) is 0 Å². The van der Waals surface area contributed by atoms with Crippen LogP contribution < -0.4 is 5.32 Å². The number of hydrogen-bond donors (Lipinski definition) is 1. The minimum atomic E-state index is -0.327. The predicted molar refractivity (Wildman–Crippen MR) is 85.3 cm³/mol. The van der Waals surface area contributed by atoms with Gasteiger partial charge in [0, 0.05) is 28.6 Å². The molecule has 0 atom stereocenters. The fourth-order valence-corrected chi connectivity index (χ4v) is 2.89. The van der Waals surface area contributed by atoms with Crippen molar-refractivity contribution in [3.63, 3.8) is 0 Å². The molecule has 0 saturated carbocycles. The largest absolute Gasteiger partial charge is 0.375 e. The van der Waals surface area contributed by atoms with Crippen molar-refractivity contribution in [2.24, 2.45) is 0 Å². The van der Waals surface area contributed by atoms with E-state index >= 15 is 0 Å². The van der Waals surface area contributed by atoms with E-state index in [-0.39, 0.29) is 5.54 Å². The van der Waals surface area contributed by atoms with Gasteiger partial charge in [-0.25, -0.2) is 0 Å². The Hall–Kier alpha value is -0.580. The molecule has 2 aromatic heterocycles. The lowest BCUT2D eigenvalue weighted by Crippen LogP contribution is -2.41. The smallest absolute Gasteiger partial charge is 0.112 e. The molecule has 0 radical (unpaired) electrons. The second kappa shape index (κ2) is 6.25. The summed E-state index contributed by atoms with van der Waals surface area (Å²) in [6, 6.07) is 3.83. The molecule has 3 nitrogen and oxygen atoms in total. The van der Waals surface area contributed by atoms with Gasteiger partial charge in [-0.15, -0.1) is 23.2 Å². The van der Waals surface area contributed by atoms with Crippen molar-refractivity contribution < 1.29 is 0 Å². The zero-order valence-corrected chi connectivity index (χ0v) is 13.6. The third kappa shape index (κ3) is 3.12. The predicted octanol–water partition coefficient (Wildman–Crippen LogP) is 4.43. The third-order valence-electron chi connectivity index (χ3n) is 3.13. The molecule has 0 fully saturated rings. The Bertz CT molecular complexity index is 565. The van der Waals surface area contributed by atoms with Gasteiger partial charge in [-0.3, -0.25) is 9.97 Å². The maximum absolute atomic E-state index is 6.06. The molecular formula is C13H14BrCl2N3. The Balaban J connectivity index is 2.45. The summed E-state index contributed by atoms with van der Waals surface area (Å²) in [6.45, 7) is 2.06. The van der Waals surface area contributed by atoms with E-state index in [0.717, 1.165) is 27.6 Å². The second-order valence-electron chi connectivity index (χ2n) is 4.41. The van der Waals surface area contributed by atoms with Crippen molar-refractivity contribution >= 4 is 55.9 Å². The topological polar surface area (TPSA) is 37.8 Å². The summed E-state index contributed by atoms with van der Waals surface area (Å²) in [5.74, 6) is 0.876. The number of alkyl halides is 2. The summed E-state index contributed by atoms with van der Waals surface area (Å²) in [5.41, 5.74) is 2.22. The molecule has 0 aliphatic rings. The zero-order valence-electron chi connectivity index (χ0n) is 10.5. The SMILES string of the molecule is CCC(CCl)(CCl)Nc1ccnc2cc(Br)cnc12. The van der Waals surface area contributed by atoms with Crippen molar-refractivity contribution in [1.29, 1.82) is 0 Å². The van der Waals surface area contributed by atoms with Crippen LogP contribution in [0.15, 0.2) is 29.0 Å². The Morgan fingerprint density at radius 3 is 2.68 bits per heavy atom. The van der Waals surface area contributed by atoms with Gasteiger partial charge in [0.05, 0.1) is 16.7 Å². The molecule has 1 N–H and O–H groups in total. The van der Waals surface area contributed by atoms with Gasteiger partial charge < -0.3 is 5.32 Å². The number of halogens is 3. The fraction of sp³-hybridized carbons (Fsp3) is 0.385. The molecule has 0 aliphatic heterocycles. The Morgan fingerprint density at radius 1 is 1.32 bits per heavy atom. The van der Waals surface area contributed by atoms with Crippen molar-refractivity contribution in [1.82, 2.24) is 9.97 Å². The molecule has 0 spiro atoms. The summed E-state index contributed by atoms with van der Waals surface area (Å²) in [4.78, 5) is 8.72. The van der Waals surface area contributed by atoms with Crippen LogP contribution in [-0.2, 0) is 0 Å². The van der Waals surface area contributed by atoms with E-state index in [4.69, 9.17) is 23.2 Å². The van der Waals surface area contributed by atoms with Crippen molar-refractivity contribution in [2.75, 3.05) is 17.1 Å². The molecule has 0 amide bonds. The van der Waals surface area contributed by atoms with E-state index < -0.39 is 0 Å². The fourth-order valence-electron chi connectivity index (χ4n) is 1.77. The lowest BCUT2D eigenvalue weighted by atomic mass is 10.0. The summed E-state index contributed by atoms with van der Waals surface area (Å²) in [6.07, 6.45) is 4.34. The highest BCUT2D eigenvalue weighted by molar-refractivity contribution is 9.10. The molecule has 19 heavy (non-hydrogen) atoms. The minimum absolute atomic E-state index is 0.327. The highest BCUT2D eigenvalue weighted by Crippen LogP contribution is 2.27. The number of nitrogens with one attached hydrogen (secondary N) is 1. The van der Waals surface area contributed by atoms with Crippen LogP contribution in [0.1, 0.15) is 13.3 Å². The van der Waals surface area contributed by atoms with E-state index in [0.29, 0.717) is 11.8 Å². The monoisotopic (exact) mass is 361 g/mol. The highest BCUT2D eigenvalue weighted by atomic mass is 79.9. The first-order valence-corrected chi connectivity index (χ1v) is 7.80. The average Bonchev–Trinajstić information content (AvgIpc) is 2.44. The molecule has 2 heterocycles. The number of hydrogen-bond acceptors (Lipinski definition) is 3. The molecule has 0 unspecified atom stereocenters. The number of nitrogens with zero attached hydrogens (tertiary/aromatic N) is 2. The van der Waals surface area contributed by atoms with Gasteiger partial charge >= 0.3 is 0 Å². The van der Waals surface area contributed by atoms with Gasteiger partial charge in [0.25, 0.3) is 0 Å². The number of aromatic nitrogens is 2. The summed E-state index contributed by atoms with van der Waals surface area (Å²) in [5, 5.41) is 3.42. The molecule has 0 aromatic carbocycles. The minimum Gasteiger partial charge on any atom is -0.375 e. The van der Waals surface area contributed by atoms with Gasteiger partial charge in [-0.1, -0.05) is 6.92 Å². The Kier molecular flexibility index (Phi) is 4.87. The van der Waals surface area contributed by atoms with Crippen LogP contribution in [0.4, 0.5) is 5.69 Å². The maximum atomic E-state index is 6.06.